The number of amidine groups is 1. The SMILES string of the molecule is CC(C)C(N)=NCCN1CCCCC1. The quantitative estimate of drug-likeness (QED) is 0.548. The van der Waals surface area contributed by atoms with E-state index in [0.717, 1.165) is 18.9 Å². The molecular weight excluding hydrogens is 174 g/mol. The van der Waals surface area contributed by atoms with E-state index >= 15 is 0 Å². The lowest BCUT2D eigenvalue weighted by atomic mass is 10.1. The van der Waals surface area contributed by atoms with Gasteiger partial charge in [0.2, 0.25) is 0 Å². The number of likely N-dealkylation sites (tertiary alicyclic amines) is 1. The highest BCUT2D eigenvalue weighted by molar-refractivity contribution is 5.82. The van der Waals surface area contributed by atoms with Crippen LogP contribution in [0.25, 0.3) is 0 Å². The van der Waals surface area contributed by atoms with Gasteiger partial charge < -0.3 is 10.6 Å². The first-order valence-corrected chi connectivity index (χ1v) is 5.72. The molecule has 0 radical (unpaired) electrons. The van der Waals surface area contributed by atoms with E-state index < -0.39 is 0 Å². The molecule has 0 amide bonds. The van der Waals surface area contributed by atoms with Crippen molar-refractivity contribution in [3.63, 3.8) is 0 Å². The minimum atomic E-state index is 0.386. The fourth-order valence-electron chi connectivity index (χ4n) is 1.69. The number of aliphatic imine (C=N–C) groups is 1. The zero-order valence-corrected chi connectivity index (χ0v) is 9.50. The fraction of sp³-hybridized carbons (Fsp3) is 0.909. The van der Waals surface area contributed by atoms with E-state index in [1.165, 1.54) is 32.4 Å². The second-order valence-electron chi connectivity index (χ2n) is 4.36. The predicted molar refractivity (Wildman–Crippen MR) is 61.6 cm³/mol. The molecule has 2 N–H and O–H groups in total. The molecule has 0 atom stereocenters. The van der Waals surface area contributed by atoms with Crippen LogP contribution in [0.15, 0.2) is 4.99 Å². The molecule has 1 saturated heterocycles. The summed E-state index contributed by atoms with van der Waals surface area (Å²) >= 11 is 0. The van der Waals surface area contributed by atoms with Gasteiger partial charge in [0.05, 0.1) is 12.4 Å². The summed E-state index contributed by atoms with van der Waals surface area (Å²) in [6.45, 7) is 8.60. The Hall–Kier alpha value is -0.570. The molecule has 0 spiro atoms. The van der Waals surface area contributed by atoms with Crippen molar-refractivity contribution >= 4 is 5.84 Å². The predicted octanol–water partition coefficient (Wildman–Crippen LogP) is 1.49. The summed E-state index contributed by atoms with van der Waals surface area (Å²) in [5.41, 5.74) is 5.76. The minimum Gasteiger partial charge on any atom is -0.387 e. The highest BCUT2D eigenvalue weighted by Gasteiger charge is 2.08. The lowest BCUT2D eigenvalue weighted by Crippen LogP contribution is -2.32. The van der Waals surface area contributed by atoms with Crippen molar-refractivity contribution < 1.29 is 0 Å². The first-order valence-electron chi connectivity index (χ1n) is 5.72. The van der Waals surface area contributed by atoms with Gasteiger partial charge in [0.25, 0.3) is 0 Å². The van der Waals surface area contributed by atoms with Gasteiger partial charge in [-0.3, -0.25) is 4.99 Å². The molecule has 82 valence electrons. The molecule has 0 aromatic heterocycles. The Balaban J connectivity index is 2.16. The van der Waals surface area contributed by atoms with Crippen LogP contribution in [0.4, 0.5) is 0 Å². The number of piperidine rings is 1. The van der Waals surface area contributed by atoms with Gasteiger partial charge in [0.1, 0.15) is 0 Å². The summed E-state index contributed by atoms with van der Waals surface area (Å²) in [5.74, 6) is 1.18. The fourth-order valence-corrected chi connectivity index (χ4v) is 1.69. The van der Waals surface area contributed by atoms with Crippen LogP contribution >= 0.6 is 0 Å². The Morgan fingerprint density at radius 3 is 2.50 bits per heavy atom. The Morgan fingerprint density at radius 1 is 1.29 bits per heavy atom. The molecule has 1 aliphatic rings. The van der Waals surface area contributed by atoms with Crippen molar-refractivity contribution in [1.29, 1.82) is 0 Å². The van der Waals surface area contributed by atoms with Gasteiger partial charge in [-0.05, 0) is 25.9 Å². The van der Waals surface area contributed by atoms with Gasteiger partial charge in [0.15, 0.2) is 0 Å². The molecule has 1 heterocycles. The molecule has 14 heavy (non-hydrogen) atoms. The zero-order valence-electron chi connectivity index (χ0n) is 9.50. The molecule has 3 nitrogen and oxygen atoms in total. The molecule has 0 unspecified atom stereocenters. The van der Waals surface area contributed by atoms with Crippen molar-refractivity contribution in [1.82, 2.24) is 4.90 Å². The third-order valence-corrected chi connectivity index (χ3v) is 2.75. The van der Waals surface area contributed by atoms with Crippen molar-refractivity contribution in [2.45, 2.75) is 33.1 Å². The van der Waals surface area contributed by atoms with Crippen LogP contribution < -0.4 is 5.73 Å². The van der Waals surface area contributed by atoms with Crippen LogP contribution in [0.2, 0.25) is 0 Å². The van der Waals surface area contributed by atoms with Crippen LogP contribution in [0.3, 0.4) is 0 Å². The van der Waals surface area contributed by atoms with Crippen LogP contribution in [0.1, 0.15) is 33.1 Å². The number of nitrogens with two attached hydrogens (primary N) is 1. The lowest BCUT2D eigenvalue weighted by Gasteiger charge is -2.25. The Bertz CT molecular complexity index is 181. The second kappa shape index (κ2) is 6.02. The molecule has 1 fully saturated rings. The van der Waals surface area contributed by atoms with Crippen LogP contribution in [0, 0.1) is 5.92 Å². The molecule has 0 bridgehead atoms. The van der Waals surface area contributed by atoms with E-state index in [-0.39, 0.29) is 0 Å². The van der Waals surface area contributed by atoms with Gasteiger partial charge in [-0.1, -0.05) is 20.3 Å². The number of hydrogen-bond donors (Lipinski definition) is 1. The third kappa shape index (κ3) is 4.09. The first kappa shape index (κ1) is 11.5. The van der Waals surface area contributed by atoms with Crippen molar-refractivity contribution in [2.24, 2.45) is 16.6 Å². The minimum absolute atomic E-state index is 0.386. The molecule has 0 aliphatic carbocycles. The van der Waals surface area contributed by atoms with Gasteiger partial charge in [-0.2, -0.15) is 0 Å². The van der Waals surface area contributed by atoms with Gasteiger partial charge >= 0.3 is 0 Å². The summed E-state index contributed by atoms with van der Waals surface area (Å²) < 4.78 is 0. The number of nitrogens with zero attached hydrogens (tertiary/aromatic N) is 2. The largest absolute Gasteiger partial charge is 0.387 e. The molecule has 0 aromatic carbocycles. The normalized spacial score (nSPS) is 20.4. The third-order valence-electron chi connectivity index (χ3n) is 2.75. The second-order valence-corrected chi connectivity index (χ2v) is 4.36. The maximum absolute atomic E-state index is 5.76. The van der Waals surface area contributed by atoms with Crippen molar-refractivity contribution in [3.8, 4) is 0 Å². The van der Waals surface area contributed by atoms with Gasteiger partial charge in [-0.15, -0.1) is 0 Å². The van der Waals surface area contributed by atoms with Crippen LogP contribution in [-0.4, -0.2) is 36.9 Å². The Kier molecular flexibility index (Phi) is 4.94. The summed E-state index contributed by atoms with van der Waals surface area (Å²) in [6, 6.07) is 0. The molecule has 1 rings (SSSR count). The number of rotatable bonds is 4. The zero-order chi connectivity index (χ0) is 10.4. The van der Waals surface area contributed by atoms with E-state index in [1.807, 2.05) is 0 Å². The standard InChI is InChI=1S/C11H23N3/c1-10(2)11(12)13-6-9-14-7-4-3-5-8-14/h10H,3-9H2,1-2H3,(H2,12,13). The lowest BCUT2D eigenvalue weighted by molar-refractivity contribution is 0.235. The highest BCUT2D eigenvalue weighted by Crippen LogP contribution is 2.07. The first-order chi connectivity index (χ1) is 6.70. The van der Waals surface area contributed by atoms with Crippen LogP contribution in [-0.2, 0) is 0 Å². The monoisotopic (exact) mass is 197 g/mol. The highest BCUT2D eigenvalue weighted by atomic mass is 15.1. The number of hydrogen-bond acceptors (Lipinski definition) is 2. The molecule has 1 aliphatic heterocycles. The average molecular weight is 197 g/mol. The summed E-state index contributed by atoms with van der Waals surface area (Å²) in [7, 11) is 0. The summed E-state index contributed by atoms with van der Waals surface area (Å²) in [4.78, 5) is 6.86. The van der Waals surface area contributed by atoms with Gasteiger partial charge in [0, 0.05) is 12.5 Å². The Morgan fingerprint density at radius 2 is 1.93 bits per heavy atom. The Labute approximate surface area is 87.4 Å². The molecule has 0 aromatic rings. The topological polar surface area (TPSA) is 41.6 Å². The summed E-state index contributed by atoms with van der Waals surface area (Å²) in [6.07, 6.45) is 4.10. The molecular formula is C11H23N3. The van der Waals surface area contributed by atoms with E-state index in [0.29, 0.717) is 5.92 Å². The van der Waals surface area contributed by atoms with Crippen molar-refractivity contribution in [2.75, 3.05) is 26.2 Å². The van der Waals surface area contributed by atoms with E-state index in [1.54, 1.807) is 0 Å². The smallest absolute Gasteiger partial charge is 0.0963 e. The van der Waals surface area contributed by atoms with Crippen LogP contribution in [0.5, 0.6) is 0 Å². The molecule has 3 heteroatoms. The maximum Gasteiger partial charge on any atom is 0.0963 e. The van der Waals surface area contributed by atoms with E-state index in [2.05, 4.69) is 23.7 Å². The van der Waals surface area contributed by atoms with Gasteiger partial charge in [-0.25, -0.2) is 0 Å². The molecule has 0 saturated carbocycles. The summed E-state index contributed by atoms with van der Waals surface area (Å²) in [5, 5.41) is 0. The van der Waals surface area contributed by atoms with E-state index in [9.17, 15) is 0 Å². The van der Waals surface area contributed by atoms with Crippen molar-refractivity contribution in [3.05, 3.63) is 0 Å². The maximum atomic E-state index is 5.76. The average Bonchev–Trinajstić information content (AvgIpc) is 2.19. The van der Waals surface area contributed by atoms with E-state index in [4.69, 9.17) is 5.73 Å².